The quantitative estimate of drug-likeness (QED) is 0.253. The normalized spacial score (nSPS) is 10.6. The Hall–Kier alpha value is -2.70. The van der Waals surface area contributed by atoms with Crippen LogP contribution in [0.2, 0.25) is 0 Å². The molecule has 0 amide bonds. The molecule has 7 heteroatoms. The van der Waals surface area contributed by atoms with E-state index in [4.69, 9.17) is 18.9 Å². The standard InChI is InChI=1S/C22H32O7/c1-7-9-26-18-12-16(13-19(20(18)23)27-10-8-2)11-17(21(24)28-14(3)4)22(25)29-15(5)6/h11-15,23H,7-10H2,1-6H3. The van der Waals surface area contributed by atoms with E-state index < -0.39 is 24.1 Å². The molecular weight excluding hydrogens is 376 g/mol. The summed E-state index contributed by atoms with van der Waals surface area (Å²) in [5, 5.41) is 10.4. The third kappa shape index (κ3) is 8.05. The average molecular weight is 408 g/mol. The van der Waals surface area contributed by atoms with Crippen molar-refractivity contribution in [3.63, 3.8) is 0 Å². The van der Waals surface area contributed by atoms with Gasteiger partial charge in [-0.25, -0.2) is 9.59 Å². The largest absolute Gasteiger partial charge is 0.502 e. The van der Waals surface area contributed by atoms with Crippen LogP contribution in [0.1, 0.15) is 59.9 Å². The molecule has 0 unspecified atom stereocenters. The van der Waals surface area contributed by atoms with Crippen molar-refractivity contribution in [2.45, 2.75) is 66.6 Å². The minimum atomic E-state index is -0.786. The zero-order valence-corrected chi connectivity index (χ0v) is 18.1. The molecule has 0 heterocycles. The molecule has 162 valence electrons. The molecule has 0 aliphatic rings. The summed E-state index contributed by atoms with van der Waals surface area (Å²) in [5.74, 6) is -1.28. The fourth-order valence-corrected chi connectivity index (χ4v) is 2.25. The van der Waals surface area contributed by atoms with Crippen LogP contribution in [0.5, 0.6) is 17.2 Å². The van der Waals surface area contributed by atoms with Gasteiger partial charge in [0, 0.05) is 0 Å². The summed E-state index contributed by atoms with van der Waals surface area (Å²) in [6.07, 6.45) is 2.05. The predicted molar refractivity (Wildman–Crippen MR) is 110 cm³/mol. The third-order valence-corrected chi connectivity index (χ3v) is 3.42. The van der Waals surface area contributed by atoms with E-state index in [1.165, 1.54) is 18.2 Å². The molecule has 0 aromatic heterocycles. The Morgan fingerprint density at radius 3 is 1.66 bits per heavy atom. The summed E-state index contributed by atoms with van der Waals surface area (Å²) >= 11 is 0. The molecule has 0 bridgehead atoms. The zero-order chi connectivity index (χ0) is 22.0. The first-order chi connectivity index (χ1) is 13.7. The highest BCUT2D eigenvalue weighted by atomic mass is 16.6. The molecule has 1 aromatic rings. The van der Waals surface area contributed by atoms with Crippen molar-refractivity contribution >= 4 is 18.0 Å². The van der Waals surface area contributed by atoms with Crippen LogP contribution in [0.25, 0.3) is 6.08 Å². The summed E-state index contributed by atoms with van der Waals surface area (Å²) in [6.45, 7) is 11.4. The summed E-state index contributed by atoms with van der Waals surface area (Å²) in [5.41, 5.74) is 0.192. The van der Waals surface area contributed by atoms with Crippen LogP contribution in [0.4, 0.5) is 0 Å². The fourth-order valence-electron chi connectivity index (χ4n) is 2.25. The highest BCUT2D eigenvalue weighted by Gasteiger charge is 2.24. The number of benzene rings is 1. The maximum Gasteiger partial charge on any atom is 0.345 e. The third-order valence-electron chi connectivity index (χ3n) is 3.42. The van der Waals surface area contributed by atoms with Gasteiger partial charge in [0.2, 0.25) is 5.75 Å². The number of carbonyl (C=O) groups is 2. The van der Waals surface area contributed by atoms with E-state index in [0.717, 1.165) is 12.8 Å². The molecule has 0 aliphatic heterocycles. The van der Waals surface area contributed by atoms with Crippen molar-refractivity contribution in [2.24, 2.45) is 0 Å². The van der Waals surface area contributed by atoms with Crippen molar-refractivity contribution in [3.05, 3.63) is 23.3 Å². The van der Waals surface area contributed by atoms with Gasteiger partial charge in [0.15, 0.2) is 11.5 Å². The van der Waals surface area contributed by atoms with Crippen LogP contribution in [0, 0.1) is 0 Å². The predicted octanol–water partition coefficient (Wildman–Crippen LogP) is 4.26. The summed E-state index contributed by atoms with van der Waals surface area (Å²) < 4.78 is 21.5. The molecule has 0 fully saturated rings. The minimum absolute atomic E-state index is 0.125. The smallest absolute Gasteiger partial charge is 0.345 e. The highest BCUT2D eigenvalue weighted by molar-refractivity contribution is 6.17. The number of rotatable bonds is 11. The van der Waals surface area contributed by atoms with Crippen molar-refractivity contribution < 1.29 is 33.6 Å². The Morgan fingerprint density at radius 2 is 1.31 bits per heavy atom. The maximum atomic E-state index is 12.5. The van der Waals surface area contributed by atoms with Crippen LogP contribution in [-0.2, 0) is 19.1 Å². The average Bonchev–Trinajstić information content (AvgIpc) is 2.63. The second-order valence-electron chi connectivity index (χ2n) is 7.03. The van der Waals surface area contributed by atoms with Gasteiger partial charge >= 0.3 is 11.9 Å². The first kappa shape index (κ1) is 24.3. The lowest BCUT2D eigenvalue weighted by Crippen LogP contribution is -2.23. The second-order valence-corrected chi connectivity index (χ2v) is 7.03. The first-order valence-electron chi connectivity index (χ1n) is 9.95. The van der Waals surface area contributed by atoms with E-state index >= 15 is 0 Å². The Bertz CT molecular complexity index is 667. The van der Waals surface area contributed by atoms with Crippen LogP contribution in [-0.4, -0.2) is 42.5 Å². The number of esters is 2. The molecule has 0 aliphatic carbocycles. The molecule has 1 aromatic carbocycles. The van der Waals surface area contributed by atoms with Crippen molar-refractivity contribution in [1.29, 1.82) is 0 Å². The van der Waals surface area contributed by atoms with Gasteiger partial charge in [0.05, 0.1) is 25.4 Å². The molecule has 29 heavy (non-hydrogen) atoms. The zero-order valence-electron chi connectivity index (χ0n) is 18.1. The van der Waals surface area contributed by atoms with Gasteiger partial charge in [-0.1, -0.05) is 13.8 Å². The van der Waals surface area contributed by atoms with Gasteiger partial charge < -0.3 is 24.1 Å². The molecule has 0 radical (unpaired) electrons. The monoisotopic (exact) mass is 408 g/mol. The maximum absolute atomic E-state index is 12.5. The Kier molecular flexibility index (Phi) is 10.1. The van der Waals surface area contributed by atoms with E-state index in [-0.39, 0.29) is 22.8 Å². The molecule has 0 spiro atoms. The lowest BCUT2D eigenvalue weighted by atomic mass is 10.1. The molecule has 7 nitrogen and oxygen atoms in total. The van der Waals surface area contributed by atoms with Crippen molar-refractivity contribution in [3.8, 4) is 17.2 Å². The second kappa shape index (κ2) is 12.0. The number of carbonyl (C=O) groups excluding carboxylic acids is 2. The van der Waals surface area contributed by atoms with Crippen molar-refractivity contribution in [1.82, 2.24) is 0 Å². The van der Waals surface area contributed by atoms with E-state index in [9.17, 15) is 14.7 Å². The molecule has 1 N–H and O–H groups in total. The Balaban J connectivity index is 3.42. The molecule has 0 atom stereocenters. The number of aromatic hydroxyl groups is 1. The highest BCUT2D eigenvalue weighted by Crippen LogP contribution is 2.38. The van der Waals surface area contributed by atoms with Gasteiger partial charge in [-0.05, 0) is 64.3 Å². The van der Waals surface area contributed by atoms with Crippen LogP contribution < -0.4 is 9.47 Å². The first-order valence-corrected chi connectivity index (χ1v) is 9.95. The van der Waals surface area contributed by atoms with Crippen LogP contribution >= 0.6 is 0 Å². The van der Waals surface area contributed by atoms with E-state index in [1.54, 1.807) is 27.7 Å². The molecule has 1 rings (SSSR count). The van der Waals surface area contributed by atoms with Gasteiger partial charge in [0.25, 0.3) is 0 Å². The lowest BCUT2D eigenvalue weighted by Gasteiger charge is -2.15. The summed E-state index contributed by atoms with van der Waals surface area (Å²) in [6, 6.07) is 3.07. The summed E-state index contributed by atoms with van der Waals surface area (Å²) in [4.78, 5) is 24.9. The summed E-state index contributed by atoms with van der Waals surface area (Å²) in [7, 11) is 0. The molecular formula is C22H32O7. The topological polar surface area (TPSA) is 91.3 Å². The van der Waals surface area contributed by atoms with E-state index in [2.05, 4.69) is 0 Å². The lowest BCUT2D eigenvalue weighted by molar-refractivity contribution is -0.150. The van der Waals surface area contributed by atoms with Gasteiger partial charge in [-0.15, -0.1) is 0 Å². The Morgan fingerprint density at radius 1 is 0.897 bits per heavy atom. The SMILES string of the molecule is CCCOc1cc(C=C(C(=O)OC(C)C)C(=O)OC(C)C)cc(OCCC)c1O. The van der Waals surface area contributed by atoms with E-state index in [1.807, 2.05) is 13.8 Å². The van der Waals surface area contributed by atoms with Gasteiger partial charge in [-0.2, -0.15) is 0 Å². The van der Waals surface area contributed by atoms with Crippen LogP contribution in [0.15, 0.2) is 17.7 Å². The molecule has 0 saturated heterocycles. The van der Waals surface area contributed by atoms with Gasteiger partial charge in [0.1, 0.15) is 5.57 Å². The number of phenols is 1. The number of ether oxygens (including phenoxy) is 4. The number of phenolic OH excluding ortho intramolecular Hbond substituents is 1. The van der Waals surface area contributed by atoms with Crippen molar-refractivity contribution in [2.75, 3.05) is 13.2 Å². The fraction of sp³-hybridized carbons (Fsp3) is 0.545. The number of hydrogen-bond acceptors (Lipinski definition) is 7. The number of hydrogen-bond donors (Lipinski definition) is 1. The van der Waals surface area contributed by atoms with Crippen LogP contribution in [0.3, 0.4) is 0 Å². The van der Waals surface area contributed by atoms with E-state index in [0.29, 0.717) is 18.8 Å². The molecule has 0 saturated carbocycles. The van der Waals surface area contributed by atoms with Gasteiger partial charge in [-0.3, -0.25) is 0 Å². The minimum Gasteiger partial charge on any atom is -0.502 e. The Labute approximate surface area is 172 Å².